The molecule has 7 heteroatoms. The van der Waals surface area contributed by atoms with Crippen molar-refractivity contribution in [3.05, 3.63) is 71.9 Å². The Morgan fingerprint density at radius 2 is 1.90 bits per heavy atom. The first-order valence-corrected chi connectivity index (χ1v) is 9.81. The number of amides is 2. The van der Waals surface area contributed by atoms with Crippen molar-refractivity contribution in [1.82, 2.24) is 10.6 Å². The van der Waals surface area contributed by atoms with E-state index in [1.807, 2.05) is 37.3 Å². The molecule has 7 nitrogen and oxygen atoms in total. The molecule has 2 aromatic rings. The fraction of sp³-hybridized carbons (Fsp3) is 0.304. The van der Waals surface area contributed by atoms with Crippen LogP contribution in [0, 0.1) is 5.92 Å². The van der Waals surface area contributed by atoms with Crippen molar-refractivity contribution < 1.29 is 23.8 Å². The van der Waals surface area contributed by atoms with Gasteiger partial charge < -0.3 is 24.8 Å². The number of hydrogen-bond acceptors (Lipinski definition) is 5. The van der Waals surface area contributed by atoms with E-state index in [1.165, 1.54) is 7.11 Å². The quantitative estimate of drug-likeness (QED) is 0.652. The van der Waals surface area contributed by atoms with Crippen molar-refractivity contribution >= 4 is 12.0 Å². The minimum Gasteiger partial charge on any atom is -0.493 e. The number of methoxy groups -OCH3 is 1. The number of carbonyl (C=O) groups excluding carboxylic acids is 2. The van der Waals surface area contributed by atoms with Crippen LogP contribution in [-0.4, -0.2) is 32.3 Å². The van der Waals surface area contributed by atoms with Gasteiger partial charge in [-0.05, 0) is 30.2 Å². The molecular formula is C23H26N2O5. The van der Waals surface area contributed by atoms with E-state index in [-0.39, 0.29) is 6.61 Å². The number of rotatable bonds is 8. The first-order chi connectivity index (χ1) is 14.5. The number of carbonyl (C=O) groups is 2. The summed E-state index contributed by atoms with van der Waals surface area (Å²) >= 11 is 0. The molecule has 0 bridgehead atoms. The highest BCUT2D eigenvalue weighted by Gasteiger charge is 2.39. The maximum absolute atomic E-state index is 12.9. The Kier molecular flexibility index (Phi) is 6.95. The fourth-order valence-electron chi connectivity index (χ4n) is 3.40. The molecule has 1 fully saturated rings. The lowest BCUT2D eigenvalue weighted by Gasteiger charge is -2.33. The normalized spacial score (nSPS) is 18.2. The molecule has 158 valence electrons. The molecule has 0 aliphatic carbocycles. The lowest BCUT2D eigenvalue weighted by molar-refractivity contribution is -0.148. The predicted octanol–water partition coefficient (Wildman–Crippen LogP) is 3.36. The van der Waals surface area contributed by atoms with E-state index in [0.717, 1.165) is 5.56 Å². The van der Waals surface area contributed by atoms with Crippen LogP contribution in [-0.2, 0) is 16.0 Å². The Morgan fingerprint density at radius 3 is 2.60 bits per heavy atom. The summed E-state index contributed by atoms with van der Waals surface area (Å²) in [4.78, 5) is 24.9. The second-order valence-corrected chi connectivity index (χ2v) is 6.83. The van der Waals surface area contributed by atoms with Crippen molar-refractivity contribution in [2.75, 3.05) is 20.3 Å². The van der Waals surface area contributed by atoms with Crippen LogP contribution in [0.3, 0.4) is 0 Å². The monoisotopic (exact) mass is 410 g/mol. The summed E-state index contributed by atoms with van der Waals surface area (Å²) in [5.74, 6) is -0.129. The lowest BCUT2D eigenvalue weighted by atomic mass is 9.89. The van der Waals surface area contributed by atoms with Crippen molar-refractivity contribution in [3.8, 4) is 11.5 Å². The molecular weight excluding hydrogens is 384 g/mol. The number of urea groups is 1. The summed E-state index contributed by atoms with van der Waals surface area (Å²) in [5.41, 5.74) is 2.06. The third-order valence-electron chi connectivity index (χ3n) is 4.85. The average molecular weight is 410 g/mol. The number of esters is 1. The zero-order valence-electron chi connectivity index (χ0n) is 17.1. The van der Waals surface area contributed by atoms with Crippen molar-refractivity contribution in [1.29, 1.82) is 0 Å². The second-order valence-electron chi connectivity index (χ2n) is 6.83. The van der Waals surface area contributed by atoms with E-state index in [2.05, 4.69) is 17.2 Å². The molecule has 30 heavy (non-hydrogen) atoms. The molecule has 0 aromatic heterocycles. The van der Waals surface area contributed by atoms with Gasteiger partial charge in [0.15, 0.2) is 11.5 Å². The Balaban J connectivity index is 1.77. The molecule has 1 aliphatic rings. The maximum atomic E-state index is 12.9. The summed E-state index contributed by atoms with van der Waals surface area (Å²) in [6.45, 7) is 6.48. The van der Waals surface area contributed by atoms with Gasteiger partial charge in [0.1, 0.15) is 5.92 Å². The fourth-order valence-corrected chi connectivity index (χ4v) is 3.40. The molecule has 2 atom stereocenters. The molecule has 2 unspecified atom stereocenters. The number of nitrogens with one attached hydrogen (secondary N) is 2. The zero-order chi connectivity index (χ0) is 21.5. The number of ether oxygens (including phenoxy) is 3. The minimum atomic E-state index is -0.777. The number of hydrogen-bond donors (Lipinski definition) is 2. The van der Waals surface area contributed by atoms with Crippen molar-refractivity contribution in [2.45, 2.75) is 19.4 Å². The predicted molar refractivity (Wildman–Crippen MR) is 112 cm³/mol. The SMILES string of the molecule is C=C1NC(=O)NC(c2ccc(OCC)c(OC)c2)C1C(=O)OCCc1ccccc1. The van der Waals surface area contributed by atoms with Gasteiger partial charge in [-0.25, -0.2) is 4.79 Å². The topological polar surface area (TPSA) is 85.9 Å². The minimum absolute atomic E-state index is 0.236. The third kappa shape index (κ3) is 4.92. The Hall–Kier alpha value is -3.48. The van der Waals surface area contributed by atoms with Gasteiger partial charge in [-0.15, -0.1) is 0 Å². The highest BCUT2D eigenvalue weighted by atomic mass is 16.5. The Labute approximate surface area is 176 Å². The maximum Gasteiger partial charge on any atom is 0.319 e. The molecule has 1 heterocycles. The van der Waals surface area contributed by atoms with Gasteiger partial charge in [0.2, 0.25) is 0 Å². The van der Waals surface area contributed by atoms with Gasteiger partial charge in [-0.2, -0.15) is 0 Å². The van der Waals surface area contributed by atoms with Gasteiger partial charge in [0.05, 0.1) is 26.4 Å². The number of benzene rings is 2. The van der Waals surface area contributed by atoms with E-state index in [9.17, 15) is 9.59 Å². The molecule has 1 saturated heterocycles. The molecule has 0 radical (unpaired) electrons. The molecule has 0 saturated carbocycles. The third-order valence-corrected chi connectivity index (χ3v) is 4.85. The van der Waals surface area contributed by atoms with E-state index >= 15 is 0 Å². The molecule has 2 N–H and O–H groups in total. The van der Waals surface area contributed by atoms with Crippen molar-refractivity contribution in [2.24, 2.45) is 5.92 Å². The van der Waals surface area contributed by atoms with E-state index in [0.29, 0.717) is 35.8 Å². The zero-order valence-corrected chi connectivity index (χ0v) is 17.1. The van der Waals surface area contributed by atoms with Crippen LogP contribution >= 0.6 is 0 Å². The highest BCUT2D eigenvalue weighted by molar-refractivity contribution is 5.85. The van der Waals surface area contributed by atoms with E-state index < -0.39 is 24.0 Å². The van der Waals surface area contributed by atoms with Crippen LogP contribution in [0.2, 0.25) is 0 Å². The van der Waals surface area contributed by atoms with Crippen LogP contribution < -0.4 is 20.1 Å². The van der Waals surface area contributed by atoms with E-state index in [1.54, 1.807) is 18.2 Å². The van der Waals surface area contributed by atoms with Crippen LogP contribution in [0.15, 0.2) is 60.8 Å². The average Bonchev–Trinajstić information content (AvgIpc) is 2.74. The largest absolute Gasteiger partial charge is 0.493 e. The van der Waals surface area contributed by atoms with Gasteiger partial charge in [0, 0.05) is 12.1 Å². The Bertz CT molecular complexity index is 913. The summed E-state index contributed by atoms with van der Waals surface area (Å²) in [6, 6.07) is 14.0. The molecule has 2 aromatic carbocycles. The molecule has 3 rings (SSSR count). The lowest BCUT2D eigenvalue weighted by Crippen LogP contribution is -2.51. The van der Waals surface area contributed by atoms with Crippen LogP contribution in [0.4, 0.5) is 4.79 Å². The second kappa shape index (κ2) is 9.82. The van der Waals surface area contributed by atoms with Crippen LogP contribution in [0.1, 0.15) is 24.1 Å². The van der Waals surface area contributed by atoms with Gasteiger partial charge >= 0.3 is 12.0 Å². The highest BCUT2D eigenvalue weighted by Crippen LogP contribution is 2.35. The standard InChI is InChI=1S/C23H26N2O5/c1-4-29-18-11-10-17(14-19(18)28-3)21-20(15(2)24-23(27)25-21)22(26)30-13-12-16-8-6-5-7-9-16/h5-11,14,20-21H,2,4,12-13H2,1,3H3,(H2,24,25,27). The van der Waals surface area contributed by atoms with Crippen LogP contribution in [0.25, 0.3) is 0 Å². The van der Waals surface area contributed by atoms with Crippen molar-refractivity contribution in [3.63, 3.8) is 0 Å². The summed E-state index contributed by atoms with van der Waals surface area (Å²) < 4.78 is 16.5. The first-order valence-electron chi connectivity index (χ1n) is 9.81. The van der Waals surface area contributed by atoms with E-state index in [4.69, 9.17) is 14.2 Å². The summed E-state index contributed by atoms with van der Waals surface area (Å²) in [6.07, 6.45) is 0.604. The Morgan fingerprint density at radius 1 is 1.13 bits per heavy atom. The first kappa shape index (κ1) is 21.2. The van der Waals surface area contributed by atoms with Gasteiger partial charge in [-0.3, -0.25) is 4.79 Å². The summed E-state index contributed by atoms with van der Waals surface area (Å²) in [7, 11) is 1.54. The van der Waals surface area contributed by atoms with Gasteiger partial charge in [-0.1, -0.05) is 43.0 Å². The molecule has 1 aliphatic heterocycles. The molecule has 2 amide bonds. The molecule has 0 spiro atoms. The van der Waals surface area contributed by atoms with Gasteiger partial charge in [0.25, 0.3) is 0 Å². The smallest absolute Gasteiger partial charge is 0.319 e. The van der Waals surface area contributed by atoms with Crippen LogP contribution in [0.5, 0.6) is 11.5 Å². The summed E-state index contributed by atoms with van der Waals surface area (Å²) in [5, 5.41) is 5.37.